The smallest absolute Gasteiger partial charge is 0.276 e. The number of hydrogen-bond donors (Lipinski definition) is 2. The fourth-order valence-corrected chi connectivity index (χ4v) is 4.19. The number of aryl methyl sites for hydroxylation is 2. The van der Waals surface area contributed by atoms with Gasteiger partial charge in [-0.15, -0.1) is 0 Å². The van der Waals surface area contributed by atoms with Crippen molar-refractivity contribution in [2.45, 2.75) is 32.6 Å². The van der Waals surface area contributed by atoms with Crippen molar-refractivity contribution in [3.63, 3.8) is 0 Å². The monoisotopic (exact) mass is 426 g/mol. The molecule has 2 N–H and O–H groups in total. The average Bonchev–Trinajstić information content (AvgIpc) is 3.31. The molecule has 0 saturated carbocycles. The zero-order valence-corrected chi connectivity index (χ0v) is 17.9. The van der Waals surface area contributed by atoms with Crippen molar-refractivity contribution in [2.75, 3.05) is 5.32 Å². The van der Waals surface area contributed by atoms with Crippen LogP contribution >= 0.6 is 0 Å². The number of aromatic amines is 1. The first-order valence-corrected chi connectivity index (χ1v) is 10.5. The molecule has 9 heteroatoms. The van der Waals surface area contributed by atoms with Gasteiger partial charge in [0, 0.05) is 35.5 Å². The number of fused-ring (bicyclic) bond motifs is 1. The third-order valence-corrected chi connectivity index (χ3v) is 5.88. The maximum atomic E-state index is 12.8. The fraction of sp³-hybridized carbons (Fsp3) is 0.261. The van der Waals surface area contributed by atoms with Crippen molar-refractivity contribution < 1.29 is 0 Å². The summed E-state index contributed by atoms with van der Waals surface area (Å²) in [5.41, 5.74) is 5.13. The lowest BCUT2D eigenvalue weighted by Crippen LogP contribution is -2.19. The molecular formula is C23H22N8O. The Morgan fingerprint density at radius 3 is 2.69 bits per heavy atom. The zero-order chi connectivity index (χ0) is 22.2. The number of nitrogens with zero attached hydrogens (tertiary/aromatic N) is 6. The van der Waals surface area contributed by atoms with Crippen LogP contribution in [0.1, 0.15) is 35.2 Å². The number of benzene rings is 1. The van der Waals surface area contributed by atoms with Gasteiger partial charge in [-0.05, 0) is 44.7 Å². The van der Waals surface area contributed by atoms with E-state index in [0.717, 1.165) is 59.6 Å². The highest BCUT2D eigenvalue weighted by molar-refractivity contribution is 5.71. The van der Waals surface area contributed by atoms with Crippen LogP contribution in [0.4, 0.5) is 11.6 Å². The van der Waals surface area contributed by atoms with Gasteiger partial charge in [0.1, 0.15) is 18.0 Å². The van der Waals surface area contributed by atoms with Crippen molar-refractivity contribution in [2.24, 2.45) is 7.05 Å². The summed E-state index contributed by atoms with van der Waals surface area (Å²) in [6.45, 7) is 1.98. The van der Waals surface area contributed by atoms with Gasteiger partial charge in [-0.2, -0.15) is 10.4 Å². The summed E-state index contributed by atoms with van der Waals surface area (Å²) in [6.07, 6.45) is 5.26. The Balaban J connectivity index is 1.47. The lowest BCUT2D eigenvalue weighted by molar-refractivity contribution is 0.670. The number of hydrogen-bond acceptors (Lipinski definition) is 6. The molecule has 0 aliphatic heterocycles. The molecule has 1 aliphatic carbocycles. The SMILES string of the molecule is Cc1c(-c2ccc(C#N)cc2)nn(C)c1Nc1cc(-n2[nH]c3c(c2=O)CCCC3)ncn1. The first kappa shape index (κ1) is 19.8. The topological polar surface area (TPSA) is 117 Å². The molecule has 4 aromatic rings. The van der Waals surface area contributed by atoms with Crippen LogP contribution in [0.5, 0.6) is 0 Å². The molecule has 0 fully saturated rings. The summed E-state index contributed by atoms with van der Waals surface area (Å²) in [4.78, 5) is 21.4. The van der Waals surface area contributed by atoms with Crippen molar-refractivity contribution in [1.29, 1.82) is 5.26 Å². The minimum Gasteiger partial charge on any atom is -0.325 e. The van der Waals surface area contributed by atoms with Gasteiger partial charge >= 0.3 is 0 Å². The van der Waals surface area contributed by atoms with Gasteiger partial charge < -0.3 is 5.32 Å². The van der Waals surface area contributed by atoms with Crippen LogP contribution in [0.15, 0.2) is 41.5 Å². The Bertz CT molecular complexity index is 1400. The molecule has 1 aromatic carbocycles. The normalized spacial score (nSPS) is 12.9. The summed E-state index contributed by atoms with van der Waals surface area (Å²) in [7, 11) is 1.86. The highest BCUT2D eigenvalue weighted by Gasteiger charge is 2.20. The third kappa shape index (κ3) is 3.36. The first-order valence-electron chi connectivity index (χ1n) is 10.5. The molecule has 0 spiro atoms. The summed E-state index contributed by atoms with van der Waals surface area (Å²) in [6, 6.07) is 11.2. The molecule has 3 aromatic heterocycles. The van der Waals surface area contributed by atoms with Crippen LogP contribution < -0.4 is 10.9 Å². The average molecular weight is 426 g/mol. The van der Waals surface area contributed by atoms with Crippen LogP contribution in [-0.2, 0) is 19.9 Å². The van der Waals surface area contributed by atoms with Gasteiger partial charge in [-0.3, -0.25) is 14.6 Å². The minimum absolute atomic E-state index is 0.0378. The highest BCUT2D eigenvalue weighted by Crippen LogP contribution is 2.29. The van der Waals surface area contributed by atoms with E-state index in [2.05, 4.69) is 31.6 Å². The lowest BCUT2D eigenvalue weighted by atomic mass is 9.98. The number of nitrogens with one attached hydrogen (secondary N) is 2. The molecule has 0 amide bonds. The van der Waals surface area contributed by atoms with E-state index in [0.29, 0.717) is 17.2 Å². The number of anilines is 2. The predicted octanol–water partition coefficient (Wildman–Crippen LogP) is 3.16. The highest BCUT2D eigenvalue weighted by atomic mass is 16.1. The predicted molar refractivity (Wildman–Crippen MR) is 120 cm³/mol. The Hall–Kier alpha value is -4.19. The van der Waals surface area contributed by atoms with Crippen LogP contribution in [-0.4, -0.2) is 29.5 Å². The Labute approximate surface area is 184 Å². The molecule has 0 atom stereocenters. The molecule has 0 radical (unpaired) electrons. The van der Waals surface area contributed by atoms with E-state index in [1.807, 2.05) is 26.1 Å². The van der Waals surface area contributed by atoms with Gasteiger partial charge in [-0.25, -0.2) is 14.6 Å². The lowest BCUT2D eigenvalue weighted by Gasteiger charge is -2.08. The van der Waals surface area contributed by atoms with Gasteiger partial charge in [0.25, 0.3) is 5.56 Å². The van der Waals surface area contributed by atoms with E-state index in [4.69, 9.17) is 5.26 Å². The van der Waals surface area contributed by atoms with E-state index in [9.17, 15) is 4.79 Å². The minimum atomic E-state index is -0.0378. The van der Waals surface area contributed by atoms with Crippen molar-refractivity contribution in [3.05, 3.63) is 69.4 Å². The second-order valence-electron chi connectivity index (χ2n) is 7.94. The van der Waals surface area contributed by atoms with Crippen LogP contribution in [0.2, 0.25) is 0 Å². The molecule has 0 unspecified atom stereocenters. The van der Waals surface area contributed by atoms with Crippen molar-refractivity contribution >= 4 is 11.6 Å². The summed E-state index contributed by atoms with van der Waals surface area (Å²) in [5.74, 6) is 1.84. The van der Waals surface area contributed by atoms with E-state index >= 15 is 0 Å². The zero-order valence-electron chi connectivity index (χ0n) is 17.9. The second-order valence-corrected chi connectivity index (χ2v) is 7.94. The van der Waals surface area contributed by atoms with Crippen molar-refractivity contribution in [3.8, 4) is 23.1 Å². The third-order valence-electron chi connectivity index (χ3n) is 5.88. The summed E-state index contributed by atoms with van der Waals surface area (Å²) < 4.78 is 3.26. The summed E-state index contributed by atoms with van der Waals surface area (Å²) in [5, 5.41) is 20.2. The maximum Gasteiger partial charge on any atom is 0.276 e. The molecule has 32 heavy (non-hydrogen) atoms. The quantitative estimate of drug-likeness (QED) is 0.518. The van der Waals surface area contributed by atoms with Gasteiger partial charge in [0.05, 0.1) is 17.3 Å². The van der Waals surface area contributed by atoms with E-state index in [-0.39, 0.29) is 5.56 Å². The number of rotatable bonds is 4. The Kier molecular flexibility index (Phi) is 4.82. The van der Waals surface area contributed by atoms with Gasteiger partial charge in [-0.1, -0.05) is 12.1 Å². The van der Waals surface area contributed by atoms with E-state index in [1.165, 1.54) is 11.0 Å². The van der Waals surface area contributed by atoms with E-state index < -0.39 is 0 Å². The number of aromatic nitrogens is 6. The largest absolute Gasteiger partial charge is 0.325 e. The fourth-order valence-electron chi connectivity index (χ4n) is 4.19. The Morgan fingerprint density at radius 2 is 1.94 bits per heavy atom. The Morgan fingerprint density at radius 1 is 1.16 bits per heavy atom. The van der Waals surface area contributed by atoms with Crippen molar-refractivity contribution in [1.82, 2.24) is 29.5 Å². The molecule has 5 rings (SSSR count). The molecule has 9 nitrogen and oxygen atoms in total. The van der Waals surface area contributed by atoms with Crippen LogP contribution in [0.25, 0.3) is 17.1 Å². The second kappa shape index (κ2) is 7.81. The molecule has 1 aliphatic rings. The van der Waals surface area contributed by atoms with Crippen LogP contribution in [0, 0.1) is 18.3 Å². The molecule has 160 valence electrons. The standard InChI is InChI=1S/C23H22N8O/c1-14-21(16-9-7-15(12-24)8-10-16)29-30(2)22(14)27-19-11-20(26-13-25-19)31-23(32)17-5-3-4-6-18(17)28-31/h7-11,13,28H,3-6H2,1-2H3,(H,25,26,27). The van der Waals surface area contributed by atoms with Gasteiger partial charge in [0.2, 0.25) is 0 Å². The molecule has 3 heterocycles. The summed E-state index contributed by atoms with van der Waals surface area (Å²) >= 11 is 0. The number of nitriles is 1. The molecular weight excluding hydrogens is 404 g/mol. The van der Waals surface area contributed by atoms with Gasteiger partial charge in [0.15, 0.2) is 5.82 Å². The first-order chi connectivity index (χ1) is 15.5. The number of H-pyrrole nitrogens is 1. The maximum absolute atomic E-state index is 12.8. The molecule has 0 saturated heterocycles. The molecule has 0 bridgehead atoms. The van der Waals surface area contributed by atoms with E-state index in [1.54, 1.807) is 22.9 Å². The van der Waals surface area contributed by atoms with Crippen LogP contribution in [0.3, 0.4) is 0 Å².